The molecule has 0 radical (unpaired) electrons. The van der Waals surface area contributed by atoms with Crippen LogP contribution in [0.15, 0.2) is 34.7 Å². The zero-order chi connectivity index (χ0) is 13.7. The Balaban J connectivity index is 2.05. The van der Waals surface area contributed by atoms with Gasteiger partial charge in [0.2, 0.25) is 0 Å². The fraction of sp³-hybridized carbons (Fsp3) is 0.333. The minimum atomic E-state index is -0.0747. The van der Waals surface area contributed by atoms with Crippen molar-refractivity contribution < 1.29 is 14.3 Å². The van der Waals surface area contributed by atoms with Crippen molar-refractivity contribution in [2.75, 3.05) is 11.9 Å². The fourth-order valence-corrected chi connectivity index (χ4v) is 1.84. The highest BCUT2D eigenvalue weighted by atomic mass is 16.5. The minimum absolute atomic E-state index is 0.0747. The maximum Gasteiger partial charge on any atom is 0.142 e. The Labute approximate surface area is 113 Å². The number of anilines is 1. The molecule has 102 valence electrons. The second-order valence-corrected chi connectivity index (χ2v) is 4.31. The number of aryl methyl sites for hydroxylation is 1. The van der Waals surface area contributed by atoms with Crippen LogP contribution in [0.3, 0.4) is 0 Å². The molecule has 0 amide bonds. The highest BCUT2D eigenvalue weighted by Gasteiger charge is 2.05. The van der Waals surface area contributed by atoms with Crippen molar-refractivity contribution in [2.45, 2.75) is 27.0 Å². The van der Waals surface area contributed by atoms with E-state index in [1.807, 2.05) is 38.1 Å². The van der Waals surface area contributed by atoms with Crippen molar-refractivity contribution in [3.8, 4) is 5.75 Å². The molecule has 0 aliphatic rings. The molecule has 19 heavy (non-hydrogen) atoms. The van der Waals surface area contributed by atoms with E-state index in [9.17, 15) is 0 Å². The van der Waals surface area contributed by atoms with Gasteiger partial charge in [-0.1, -0.05) is 6.07 Å². The van der Waals surface area contributed by atoms with Crippen LogP contribution >= 0.6 is 0 Å². The SMILES string of the molecule is CCOc1cc(C)ccc1NCc1ccc(CO)o1. The lowest BCUT2D eigenvalue weighted by Crippen LogP contribution is -2.02. The van der Waals surface area contributed by atoms with Crippen LogP contribution < -0.4 is 10.1 Å². The van der Waals surface area contributed by atoms with Crippen LogP contribution in [-0.2, 0) is 13.2 Å². The molecular formula is C15H19NO3. The lowest BCUT2D eigenvalue weighted by atomic mass is 10.2. The summed E-state index contributed by atoms with van der Waals surface area (Å²) in [7, 11) is 0. The molecule has 0 fully saturated rings. The molecule has 1 aromatic heterocycles. The van der Waals surface area contributed by atoms with Crippen molar-refractivity contribution in [1.82, 2.24) is 0 Å². The average Bonchev–Trinajstić information content (AvgIpc) is 2.86. The molecule has 0 spiro atoms. The zero-order valence-corrected chi connectivity index (χ0v) is 11.3. The van der Waals surface area contributed by atoms with Crippen LogP contribution in [0.1, 0.15) is 24.0 Å². The molecule has 0 saturated heterocycles. The van der Waals surface area contributed by atoms with Crippen LogP contribution in [0.4, 0.5) is 5.69 Å². The lowest BCUT2D eigenvalue weighted by molar-refractivity contribution is 0.244. The van der Waals surface area contributed by atoms with Crippen molar-refractivity contribution in [2.24, 2.45) is 0 Å². The van der Waals surface area contributed by atoms with E-state index >= 15 is 0 Å². The molecule has 2 rings (SSSR count). The Kier molecular flexibility index (Phi) is 4.47. The summed E-state index contributed by atoms with van der Waals surface area (Å²) < 4.78 is 11.0. The summed E-state index contributed by atoms with van der Waals surface area (Å²) in [6.45, 7) is 5.12. The molecule has 1 heterocycles. The van der Waals surface area contributed by atoms with Gasteiger partial charge in [0.05, 0.1) is 18.8 Å². The number of aliphatic hydroxyl groups excluding tert-OH is 1. The first kappa shape index (κ1) is 13.5. The highest BCUT2D eigenvalue weighted by Crippen LogP contribution is 2.26. The van der Waals surface area contributed by atoms with Gasteiger partial charge in [-0.25, -0.2) is 0 Å². The number of rotatable bonds is 6. The lowest BCUT2D eigenvalue weighted by Gasteiger charge is -2.12. The van der Waals surface area contributed by atoms with Gasteiger partial charge in [-0.3, -0.25) is 0 Å². The van der Waals surface area contributed by atoms with Crippen molar-refractivity contribution in [3.05, 3.63) is 47.4 Å². The van der Waals surface area contributed by atoms with Gasteiger partial charge in [-0.05, 0) is 43.7 Å². The van der Waals surface area contributed by atoms with Gasteiger partial charge in [0, 0.05) is 0 Å². The normalized spacial score (nSPS) is 10.5. The zero-order valence-electron chi connectivity index (χ0n) is 11.3. The van der Waals surface area contributed by atoms with E-state index in [1.54, 1.807) is 6.07 Å². The molecule has 4 nitrogen and oxygen atoms in total. The van der Waals surface area contributed by atoms with Gasteiger partial charge in [0.15, 0.2) is 0 Å². The maximum atomic E-state index is 8.95. The summed E-state index contributed by atoms with van der Waals surface area (Å²) in [6, 6.07) is 9.66. The number of hydrogen-bond donors (Lipinski definition) is 2. The number of nitrogens with one attached hydrogen (secondary N) is 1. The van der Waals surface area contributed by atoms with Gasteiger partial charge < -0.3 is 19.6 Å². The number of benzene rings is 1. The first-order valence-electron chi connectivity index (χ1n) is 6.38. The van der Waals surface area contributed by atoms with Gasteiger partial charge in [-0.15, -0.1) is 0 Å². The average molecular weight is 261 g/mol. The van der Waals surface area contributed by atoms with Crippen LogP contribution in [0.5, 0.6) is 5.75 Å². The van der Waals surface area contributed by atoms with Crippen LogP contribution in [0.2, 0.25) is 0 Å². The first-order chi connectivity index (χ1) is 9.22. The quantitative estimate of drug-likeness (QED) is 0.839. The predicted octanol–water partition coefficient (Wildman–Crippen LogP) is 3.09. The third-order valence-corrected chi connectivity index (χ3v) is 2.76. The van der Waals surface area contributed by atoms with Crippen molar-refractivity contribution in [3.63, 3.8) is 0 Å². The maximum absolute atomic E-state index is 8.95. The highest BCUT2D eigenvalue weighted by molar-refractivity contribution is 5.57. The molecule has 0 unspecified atom stereocenters. The Hall–Kier alpha value is -1.94. The van der Waals surface area contributed by atoms with Crippen molar-refractivity contribution in [1.29, 1.82) is 0 Å². The van der Waals surface area contributed by atoms with E-state index in [0.29, 0.717) is 18.9 Å². The predicted molar refractivity (Wildman–Crippen MR) is 74.3 cm³/mol. The van der Waals surface area contributed by atoms with Gasteiger partial charge >= 0.3 is 0 Å². The Bertz CT molecular complexity index is 534. The van der Waals surface area contributed by atoms with Crippen LogP contribution in [0, 0.1) is 6.92 Å². The fourth-order valence-electron chi connectivity index (χ4n) is 1.84. The van der Waals surface area contributed by atoms with E-state index in [1.165, 1.54) is 0 Å². The van der Waals surface area contributed by atoms with E-state index in [4.69, 9.17) is 14.3 Å². The summed E-state index contributed by atoms with van der Waals surface area (Å²) in [4.78, 5) is 0. The molecule has 4 heteroatoms. The van der Waals surface area contributed by atoms with E-state index < -0.39 is 0 Å². The standard InChI is InChI=1S/C15H19NO3/c1-3-18-15-8-11(2)4-7-14(15)16-9-12-5-6-13(10-17)19-12/h4-8,16-17H,3,9-10H2,1-2H3. The summed E-state index contributed by atoms with van der Waals surface area (Å²) in [5, 5.41) is 12.2. The van der Waals surface area contributed by atoms with Crippen LogP contribution in [-0.4, -0.2) is 11.7 Å². The second kappa shape index (κ2) is 6.29. The Morgan fingerprint density at radius 3 is 2.68 bits per heavy atom. The van der Waals surface area contributed by atoms with Gasteiger partial charge in [-0.2, -0.15) is 0 Å². The number of aliphatic hydroxyl groups is 1. The monoisotopic (exact) mass is 261 g/mol. The molecule has 2 aromatic rings. The van der Waals surface area contributed by atoms with Crippen molar-refractivity contribution >= 4 is 5.69 Å². The number of hydrogen-bond acceptors (Lipinski definition) is 4. The van der Waals surface area contributed by atoms with Crippen LogP contribution in [0.25, 0.3) is 0 Å². The first-order valence-corrected chi connectivity index (χ1v) is 6.38. The topological polar surface area (TPSA) is 54.6 Å². The smallest absolute Gasteiger partial charge is 0.142 e. The molecule has 1 aromatic carbocycles. The largest absolute Gasteiger partial charge is 0.492 e. The number of ether oxygens (including phenoxy) is 1. The summed E-state index contributed by atoms with van der Waals surface area (Å²) in [6.07, 6.45) is 0. The van der Waals surface area contributed by atoms with E-state index in [-0.39, 0.29) is 6.61 Å². The third-order valence-electron chi connectivity index (χ3n) is 2.76. The summed E-state index contributed by atoms with van der Waals surface area (Å²) in [5.41, 5.74) is 2.10. The Morgan fingerprint density at radius 2 is 2.00 bits per heavy atom. The van der Waals surface area contributed by atoms with E-state index in [2.05, 4.69) is 5.32 Å². The third kappa shape index (κ3) is 3.51. The Morgan fingerprint density at radius 1 is 1.21 bits per heavy atom. The molecule has 0 aliphatic carbocycles. The van der Waals surface area contributed by atoms with Gasteiger partial charge in [0.1, 0.15) is 23.9 Å². The second-order valence-electron chi connectivity index (χ2n) is 4.31. The molecule has 0 atom stereocenters. The summed E-state index contributed by atoms with van der Waals surface area (Å²) >= 11 is 0. The molecule has 2 N–H and O–H groups in total. The number of furan rings is 1. The molecule has 0 bridgehead atoms. The summed E-state index contributed by atoms with van der Waals surface area (Å²) in [5.74, 6) is 2.20. The molecular weight excluding hydrogens is 242 g/mol. The minimum Gasteiger partial charge on any atom is -0.492 e. The van der Waals surface area contributed by atoms with Gasteiger partial charge in [0.25, 0.3) is 0 Å². The molecule has 0 saturated carbocycles. The molecule has 0 aliphatic heterocycles. The van der Waals surface area contributed by atoms with E-state index in [0.717, 1.165) is 22.8 Å².